The van der Waals surface area contributed by atoms with E-state index in [1.165, 1.54) is 25.3 Å². The molecule has 0 aliphatic carbocycles. The van der Waals surface area contributed by atoms with E-state index in [0.29, 0.717) is 23.0 Å². The second-order valence-electron chi connectivity index (χ2n) is 4.48. The van der Waals surface area contributed by atoms with Gasteiger partial charge in [0.1, 0.15) is 11.5 Å². The molecule has 0 aromatic heterocycles. The van der Waals surface area contributed by atoms with Crippen molar-refractivity contribution in [1.29, 1.82) is 0 Å². The van der Waals surface area contributed by atoms with Gasteiger partial charge in [0, 0.05) is 11.0 Å². The van der Waals surface area contributed by atoms with Crippen LogP contribution in [0.4, 0.5) is 5.69 Å². The van der Waals surface area contributed by atoms with E-state index in [9.17, 15) is 4.79 Å². The van der Waals surface area contributed by atoms with Crippen LogP contribution in [0.25, 0.3) is 10.4 Å². The third kappa shape index (κ3) is 2.97. The van der Waals surface area contributed by atoms with Crippen molar-refractivity contribution in [2.24, 2.45) is 5.11 Å². The summed E-state index contributed by atoms with van der Waals surface area (Å²) in [5, 5.41) is 3.54. The Kier molecular flexibility index (Phi) is 3.90. The SMILES string of the molecule is COC(=O)c1ccc(Oc2ccc3c(c2)OCO3)c(N=[N+]=[N-])c1. The fraction of sp³-hybridized carbons (Fsp3) is 0.133. The fourth-order valence-corrected chi connectivity index (χ4v) is 2.04. The summed E-state index contributed by atoms with van der Waals surface area (Å²) in [4.78, 5) is 14.3. The highest BCUT2D eigenvalue weighted by Gasteiger charge is 2.15. The Hall–Kier alpha value is -3.38. The number of benzene rings is 2. The van der Waals surface area contributed by atoms with Gasteiger partial charge in [0.15, 0.2) is 11.5 Å². The molecule has 0 amide bonds. The van der Waals surface area contributed by atoms with Gasteiger partial charge in [-0.3, -0.25) is 0 Å². The summed E-state index contributed by atoms with van der Waals surface area (Å²) in [6.07, 6.45) is 0. The maximum atomic E-state index is 11.5. The van der Waals surface area contributed by atoms with Crippen LogP contribution in [-0.4, -0.2) is 19.9 Å². The number of nitrogens with zero attached hydrogens (tertiary/aromatic N) is 3. The largest absolute Gasteiger partial charge is 0.465 e. The van der Waals surface area contributed by atoms with E-state index < -0.39 is 5.97 Å². The molecule has 0 atom stereocenters. The summed E-state index contributed by atoms with van der Waals surface area (Å²) >= 11 is 0. The number of hydrogen-bond acceptors (Lipinski definition) is 6. The van der Waals surface area contributed by atoms with Crippen molar-refractivity contribution in [2.45, 2.75) is 0 Å². The molecular weight excluding hydrogens is 302 g/mol. The predicted octanol–water partition coefficient (Wildman–Crippen LogP) is 3.94. The average Bonchev–Trinajstić information content (AvgIpc) is 3.03. The van der Waals surface area contributed by atoms with Gasteiger partial charge in [-0.2, -0.15) is 0 Å². The number of fused-ring (bicyclic) bond motifs is 1. The van der Waals surface area contributed by atoms with Gasteiger partial charge in [0.05, 0.1) is 18.4 Å². The van der Waals surface area contributed by atoms with Crippen molar-refractivity contribution >= 4 is 11.7 Å². The van der Waals surface area contributed by atoms with E-state index in [1.54, 1.807) is 18.2 Å². The minimum absolute atomic E-state index is 0.163. The highest BCUT2D eigenvalue weighted by Crippen LogP contribution is 2.39. The van der Waals surface area contributed by atoms with Crippen LogP contribution in [0.2, 0.25) is 0 Å². The van der Waals surface area contributed by atoms with Gasteiger partial charge < -0.3 is 18.9 Å². The first kappa shape index (κ1) is 14.6. The Morgan fingerprint density at radius 2 is 2.04 bits per heavy atom. The Labute approximate surface area is 130 Å². The van der Waals surface area contributed by atoms with Gasteiger partial charge in [0.2, 0.25) is 6.79 Å². The maximum Gasteiger partial charge on any atom is 0.337 e. The van der Waals surface area contributed by atoms with E-state index in [1.807, 2.05) is 0 Å². The molecule has 1 aliphatic rings. The minimum Gasteiger partial charge on any atom is -0.465 e. The summed E-state index contributed by atoms with van der Waals surface area (Å²) in [6.45, 7) is 0.163. The van der Waals surface area contributed by atoms with Crippen LogP contribution in [0.15, 0.2) is 41.5 Å². The van der Waals surface area contributed by atoms with Gasteiger partial charge >= 0.3 is 5.97 Å². The van der Waals surface area contributed by atoms with Crippen LogP contribution >= 0.6 is 0 Å². The van der Waals surface area contributed by atoms with Gasteiger partial charge in [-0.05, 0) is 35.9 Å². The molecular formula is C15H11N3O5. The van der Waals surface area contributed by atoms with Crippen molar-refractivity contribution < 1.29 is 23.7 Å². The fourth-order valence-electron chi connectivity index (χ4n) is 2.04. The lowest BCUT2D eigenvalue weighted by molar-refractivity contribution is 0.0600. The van der Waals surface area contributed by atoms with Gasteiger partial charge in [-0.15, -0.1) is 0 Å². The molecule has 0 N–H and O–H groups in total. The third-order valence-electron chi connectivity index (χ3n) is 3.10. The molecule has 8 nitrogen and oxygen atoms in total. The Balaban J connectivity index is 1.92. The van der Waals surface area contributed by atoms with Gasteiger partial charge in [-0.25, -0.2) is 4.79 Å². The molecule has 116 valence electrons. The van der Waals surface area contributed by atoms with Crippen molar-refractivity contribution in [1.82, 2.24) is 0 Å². The normalized spacial score (nSPS) is 11.5. The summed E-state index contributed by atoms with van der Waals surface area (Å²) in [5.74, 6) is 1.45. The van der Waals surface area contributed by atoms with Crippen molar-refractivity contribution in [3.05, 3.63) is 52.4 Å². The number of rotatable bonds is 4. The summed E-state index contributed by atoms with van der Waals surface area (Å²) in [5.41, 5.74) is 9.11. The minimum atomic E-state index is -0.533. The smallest absolute Gasteiger partial charge is 0.337 e. The van der Waals surface area contributed by atoms with Crippen molar-refractivity contribution in [3.8, 4) is 23.0 Å². The van der Waals surface area contributed by atoms with Crippen LogP contribution in [0, 0.1) is 0 Å². The third-order valence-corrected chi connectivity index (χ3v) is 3.10. The molecule has 0 fully saturated rings. The summed E-state index contributed by atoms with van der Waals surface area (Å²) in [6, 6.07) is 9.52. The first-order chi connectivity index (χ1) is 11.2. The zero-order valence-electron chi connectivity index (χ0n) is 12.1. The highest BCUT2D eigenvalue weighted by molar-refractivity contribution is 5.90. The summed E-state index contributed by atoms with van der Waals surface area (Å²) < 4.78 is 20.8. The number of carbonyl (C=O) groups is 1. The number of methoxy groups -OCH3 is 1. The zero-order chi connectivity index (χ0) is 16.2. The van der Waals surface area contributed by atoms with E-state index >= 15 is 0 Å². The van der Waals surface area contributed by atoms with Crippen molar-refractivity contribution in [3.63, 3.8) is 0 Å². The first-order valence-corrected chi connectivity index (χ1v) is 6.56. The van der Waals surface area contributed by atoms with Gasteiger partial charge in [-0.1, -0.05) is 5.11 Å². The zero-order valence-corrected chi connectivity index (χ0v) is 12.1. The number of esters is 1. The Morgan fingerprint density at radius 1 is 1.22 bits per heavy atom. The molecule has 0 unspecified atom stereocenters. The van der Waals surface area contributed by atoms with Crippen LogP contribution < -0.4 is 14.2 Å². The molecule has 0 spiro atoms. The maximum absolute atomic E-state index is 11.5. The number of hydrogen-bond donors (Lipinski definition) is 0. The topological polar surface area (TPSA) is 103 Å². The molecule has 0 radical (unpaired) electrons. The molecule has 0 bridgehead atoms. The van der Waals surface area contributed by atoms with Crippen molar-refractivity contribution in [2.75, 3.05) is 13.9 Å². The molecule has 23 heavy (non-hydrogen) atoms. The molecule has 8 heteroatoms. The van der Waals surface area contributed by atoms with Crippen LogP contribution in [-0.2, 0) is 4.74 Å². The number of ether oxygens (including phenoxy) is 4. The monoisotopic (exact) mass is 313 g/mol. The summed E-state index contributed by atoms with van der Waals surface area (Å²) in [7, 11) is 1.27. The standard InChI is InChI=1S/C15H11N3O5/c1-20-15(19)9-2-4-12(11(6-9)17-18-16)23-10-3-5-13-14(7-10)22-8-21-13/h2-7H,8H2,1H3. The van der Waals surface area contributed by atoms with E-state index in [4.69, 9.17) is 19.7 Å². The molecule has 0 saturated heterocycles. The van der Waals surface area contributed by atoms with Crippen LogP contribution in [0.3, 0.4) is 0 Å². The molecule has 2 aromatic rings. The molecule has 1 heterocycles. The number of carbonyl (C=O) groups excluding carboxylic acids is 1. The highest BCUT2D eigenvalue weighted by atomic mass is 16.7. The van der Waals surface area contributed by atoms with E-state index in [-0.39, 0.29) is 18.0 Å². The molecule has 0 saturated carbocycles. The Bertz CT molecular complexity index is 815. The van der Waals surface area contributed by atoms with Crippen LogP contribution in [0.5, 0.6) is 23.0 Å². The van der Waals surface area contributed by atoms with E-state index in [2.05, 4.69) is 14.8 Å². The number of azide groups is 1. The van der Waals surface area contributed by atoms with E-state index in [0.717, 1.165) is 0 Å². The molecule has 2 aromatic carbocycles. The second kappa shape index (κ2) is 6.17. The Morgan fingerprint density at radius 3 is 2.83 bits per heavy atom. The van der Waals surface area contributed by atoms with Crippen LogP contribution in [0.1, 0.15) is 10.4 Å². The average molecular weight is 313 g/mol. The lowest BCUT2D eigenvalue weighted by Gasteiger charge is -2.10. The molecule has 3 rings (SSSR count). The lowest BCUT2D eigenvalue weighted by atomic mass is 10.2. The second-order valence-corrected chi connectivity index (χ2v) is 4.48. The lowest BCUT2D eigenvalue weighted by Crippen LogP contribution is -2.00. The predicted molar refractivity (Wildman–Crippen MR) is 79.2 cm³/mol. The first-order valence-electron chi connectivity index (χ1n) is 6.56. The quantitative estimate of drug-likeness (QED) is 0.368. The van der Waals surface area contributed by atoms with Gasteiger partial charge in [0.25, 0.3) is 0 Å². The molecule has 1 aliphatic heterocycles.